The number of ether oxygens (including phenoxy) is 2. The second-order valence-corrected chi connectivity index (χ2v) is 8.57. The lowest BCUT2D eigenvalue weighted by Crippen LogP contribution is -2.55. The van der Waals surface area contributed by atoms with Crippen molar-refractivity contribution in [3.63, 3.8) is 0 Å². The smallest absolute Gasteiger partial charge is 0.248 e. The molecule has 178 valence electrons. The Bertz CT molecular complexity index is 799. The first-order chi connectivity index (χ1) is 15.2. The molecule has 1 atom stereocenters. The molecule has 0 spiro atoms. The number of piperidine rings is 1. The molecule has 1 unspecified atom stereocenters. The van der Waals surface area contributed by atoms with Crippen LogP contribution in [0.4, 0.5) is 8.78 Å². The minimum atomic E-state index is -1.46. The van der Waals surface area contributed by atoms with E-state index in [1.165, 1.54) is 12.0 Å². The van der Waals surface area contributed by atoms with E-state index in [9.17, 15) is 23.5 Å². The largest absolute Gasteiger partial charge is 0.490 e. The van der Waals surface area contributed by atoms with Crippen LogP contribution in [0.5, 0.6) is 5.75 Å². The van der Waals surface area contributed by atoms with Crippen molar-refractivity contribution in [1.29, 1.82) is 0 Å². The van der Waals surface area contributed by atoms with E-state index in [-0.39, 0.29) is 49.9 Å². The fourth-order valence-electron chi connectivity index (χ4n) is 4.40. The van der Waals surface area contributed by atoms with Gasteiger partial charge in [0.15, 0.2) is 0 Å². The molecule has 0 saturated carbocycles. The highest BCUT2D eigenvalue weighted by Gasteiger charge is 2.40. The number of carbonyl (C=O) groups is 2. The van der Waals surface area contributed by atoms with E-state index in [4.69, 9.17) is 9.47 Å². The van der Waals surface area contributed by atoms with Gasteiger partial charge in [0.25, 0.3) is 0 Å². The third-order valence-corrected chi connectivity index (χ3v) is 6.03. The highest BCUT2D eigenvalue weighted by molar-refractivity contribution is 5.77. The van der Waals surface area contributed by atoms with Crippen molar-refractivity contribution in [2.45, 2.75) is 31.4 Å². The molecule has 8 nitrogen and oxygen atoms in total. The molecule has 2 saturated heterocycles. The quantitative estimate of drug-likeness (QED) is 0.686. The van der Waals surface area contributed by atoms with Gasteiger partial charge in [0.2, 0.25) is 11.8 Å². The maximum absolute atomic E-state index is 13.5. The number of amides is 2. The molecular formula is C22H31F2N3O5. The summed E-state index contributed by atoms with van der Waals surface area (Å²) >= 11 is 0. The lowest BCUT2D eigenvalue weighted by Gasteiger charge is -2.40. The molecule has 1 N–H and O–H groups in total. The van der Waals surface area contributed by atoms with Crippen molar-refractivity contribution < 1.29 is 33.0 Å². The third kappa shape index (κ3) is 6.36. The molecule has 2 fully saturated rings. The number of benzene rings is 1. The van der Waals surface area contributed by atoms with Gasteiger partial charge in [0.1, 0.15) is 36.2 Å². The Kier molecular flexibility index (Phi) is 8.02. The van der Waals surface area contributed by atoms with Gasteiger partial charge in [-0.3, -0.25) is 14.5 Å². The van der Waals surface area contributed by atoms with Crippen LogP contribution in [0.15, 0.2) is 18.2 Å². The van der Waals surface area contributed by atoms with Gasteiger partial charge >= 0.3 is 0 Å². The molecule has 32 heavy (non-hydrogen) atoms. The zero-order chi connectivity index (χ0) is 23.3. The highest BCUT2D eigenvalue weighted by atomic mass is 19.1. The molecule has 0 radical (unpaired) electrons. The summed E-state index contributed by atoms with van der Waals surface area (Å²) < 4.78 is 37.5. The number of β-amino-alcohol motifs (C(OH)–C–C–N with tert-alkyl or cyclic N) is 1. The van der Waals surface area contributed by atoms with E-state index >= 15 is 0 Å². The number of likely N-dealkylation sites (tertiary alicyclic amines) is 1. The fourth-order valence-corrected chi connectivity index (χ4v) is 4.40. The number of carbonyl (C=O) groups excluding carboxylic acids is 2. The Morgan fingerprint density at radius 3 is 2.31 bits per heavy atom. The van der Waals surface area contributed by atoms with Gasteiger partial charge in [-0.25, -0.2) is 8.78 Å². The van der Waals surface area contributed by atoms with Gasteiger partial charge in [0, 0.05) is 71.0 Å². The Balaban J connectivity index is 1.73. The lowest BCUT2D eigenvalue weighted by molar-refractivity contribution is -0.138. The molecule has 1 aromatic rings. The molecule has 2 amide bonds. The summed E-state index contributed by atoms with van der Waals surface area (Å²) in [6.07, 6.45) is 1.52. The number of methoxy groups -OCH3 is 1. The van der Waals surface area contributed by atoms with Crippen LogP contribution in [-0.2, 0) is 14.3 Å². The van der Waals surface area contributed by atoms with E-state index in [2.05, 4.69) is 4.90 Å². The van der Waals surface area contributed by atoms with Crippen LogP contribution in [0.3, 0.4) is 0 Å². The average molecular weight is 456 g/mol. The summed E-state index contributed by atoms with van der Waals surface area (Å²) in [4.78, 5) is 29.6. The zero-order valence-electron chi connectivity index (χ0n) is 18.6. The van der Waals surface area contributed by atoms with Gasteiger partial charge in [0.05, 0.1) is 6.54 Å². The molecule has 3 rings (SSSR count). The number of hydrogen-bond acceptors (Lipinski definition) is 6. The van der Waals surface area contributed by atoms with E-state index in [0.29, 0.717) is 26.2 Å². The van der Waals surface area contributed by atoms with Crippen LogP contribution >= 0.6 is 0 Å². The van der Waals surface area contributed by atoms with Crippen molar-refractivity contribution in [2.75, 3.05) is 59.6 Å². The van der Waals surface area contributed by atoms with Crippen molar-refractivity contribution in [3.8, 4) is 5.75 Å². The van der Waals surface area contributed by atoms with Gasteiger partial charge in [-0.1, -0.05) is 0 Å². The molecule has 0 bridgehead atoms. The minimum Gasteiger partial charge on any atom is -0.490 e. The Morgan fingerprint density at radius 1 is 1.06 bits per heavy atom. The predicted molar refractivity (Wildman–Crippen MR) is 112 cm³/mol. The average Bonchev–Trinajstić information content (AvgIpc) is 2.92. The minimum absolute atomic E-state index is 0.00970. The monoisotopic (exact) mass is 455 g/mol. The Hall–Kier alpha value is -2.30. The predicted octanol–water partition coefficient (Wildman–Crippen LogP) is 0.876. The molecule has 2 heterocycles. The summed E-state index contributed by atoms with van der Waals surface area (Å²) in [5.74, 6) is -1.79. The normalized spacial score (nSPS) is 23.2. The van der Waals surface area contributed by atoms with Crippen LogP contribution < -0.4 is 4.74 Å². The Labute approximate surface area is 186 Å². The topological polar surface area (TPSA) is 82.6 Å². The second kappa shape index (κ2) is 10.5. The summed E-state index contributed by atoms with van der Waals surface area (Å²) in [6.45, 7) is 3.68. The van der Waals surface area contributed by atoms with Crippen LogP contribution in [0.1, 0.15) is 19.8 Å². The number of nitrogens with zero attached hydrogens (tertiary/aromatic N) is 3. The van der Waals surface area contributed by atoms with Crippen LogP contribution in [0.25, 0.3) is 0 Å². The van der Waals surface area contributed by atoms with Crippen molar-refractivity contribution >= 4 is 11.8 Å². The standard InChI is InChI=1S/C22H31F2N3O5/c1-16(28)25-5-3-19(4-6-25)26-7-8-27(21(29)12-31-2)14-22(30,13-26)15-32-20-10-17(23)9-18(24)11-20/h9-11,19,30H,3-8,12-15H2,1-2H3. The Morgan fingerprint density at radius 2 is 1.72 bits per heavy atom. The fraction of sp³-hybridized carbons (Fsp3) is 0.636. The maximum atomic E-state index is 13.5. The number of halogens is 2. The van der Waals surface area contributed by atoms with Crippen LogP contribution in [0, 0.1) is 11.6 Å². The van der Waals surface area contributed by atoms with Crippen LogP contribution in [0.2, 0.25) is 0 Å². The summed E-state index contributed by atoms with van der Waals surface area (Å²) in [6, 6.07) is 2.98. The number of rotatable bonds is 6. The molecule has 0 aliphatic carbocycles. The lowest BCUT2D eigenvalue weighted by atomic mass is 9.99. The van der Waals surface area contributed by atoms with Gasteiger partial charge < -0.3 is 24.4 Å². The molecule has 10 heteroatoms. The second-order valence-electron chi connectivity index (χ2n) is 8.57. The van der Waals surface area contributed by atoms with Crippen LogP contribution in [-0.4, -0.2) is 103 Å². The van der Waals surface area contributed by atoms with Gasteiger partial charge in [-0.15, -0.1) is 0 Å². The van der Waals surface area contributed by atoms with Gasteiger partial charge in [-0.2, -0.15) is 0 Å². The van der Waals surface area contributed by atoms with Gasteiger partial charge in [-0.05, 0) is 12.8 Å². The van der Waals surface area contributed by atoms with Crippen molar-refractivity contribution in [1.82, 2.24) is 14.7 Å². The zero-order valence-corrected chi connectivity index (χ0v) is 18.6. The highest BCUT2D eigenvalue weighted by Crippen LogP contribution is 2.24. The number of hydrogen-bond donors (Lipinski definition) is 1. The SMILES string of the molecule is COCC(=O)N1CCN(C2CCN(C(C)=O)CC2)CC(O)(COc2cc(F)cc(F)c2)C1. The van der Waals surface area contributed by atoms with Crippen molar-refractivity contribution in [2.24, 2.45) is 0 Å². The number of aliphatic hydroxyl groups is 1. The van der Waals surface area contributed by atoms with E-state index in [1.807, 2.05) is 0 Å². The van der Waals surface area contributed by atoms with E-state index in [1.54, 1.807) is 11.8 Å². The van der Waals surface area contributed by atoms with E-state index < -0.39 is 17.2 Å². The summed E-state index contributed by atoms with van der Waals surface area (Å²) in [7, 11) is 1.43. The summed E-state index contributed by atoms with van der Waals surface area (Å²) in [5, 5.41) is 11.4. The third-order valence-electron chi connectivity index (χ3n) is 6.03. The molecule has 2 aliphatic rings. The molecular weight excluding hydrogens is 424 g/mol. The van der Waals surface area contributed by atoms with Crippen molar-refractivity contribution in [3.05, 3.63) is 29.8 Å². The maximum Gasteiger partial charge on any atom is 0.248 e. The molecule has 0 aromatic heterocycles. The molecule has 2 aliphatic heterocycles. The first kappa shape index (κ1) is 24.3. The first-order valence-electron chi connectivity index (χ1n) is 10.8. The first-order valence-corrected chi connectivity index (χ1v) is 10.8. The van der Waals surface area contributed by atoms with E-state index in [0.717, 1.165) is 31.0 Å². The summed E-state index contributed by atoms with van der Waals surface area (Å²) in [5.41, 5.74) is -1.46. The molecule has 1 aromatic carbocycles.